The molecular formula is C9H8ClNO4. The average molecular weight is 230 g/mol. The molecule has 0 saturated heterocycles. The Balaban J connectivity index is 2.78. The number of nitrogens with two attached hydrogens (primary N) is 1. The van der Waals surface area contributed by atoms with Gasteiger partial charge in [0.05, 0.1) is 10.6 Å². The Morgan fingerprint density at radius 1 is 1.47 bits per heavy atom. The predicted molar refractivity (Wildman–Crippen MR) is 53.8 cm³/mol. The molecule has 0 aromatic heterocycles. The van der Waals surface area contributed by atoms with E-state index in [-0.39, 0.29) is 10.6 Å². The van der Waals surface area contributed by atoms with Gasteiger partial charge in [0.15, 0.2) is 6.61 Å². The Labute approximate surface area is 90.4 Å². The van der Waals surface area contributed by atoms with Crippen LogP contribution in [0.25, 0.3) is 0 Å². The van der Waals surface area contributed by atoms with Crippen LogP contribution in [0.1, 0.15) is 10.4 Å². The van der Waals surface area contributed by atoms with E-state index in [9.17, 15) is 9.59 Å². The highest BCUT2D eigenvalue weighted by Gasteiger charge is 2.13. The fraction of sp³-hybridized carbons (Fsp3) is 0.111. The van der Waals surface area contributed by atoms with E-state index in [2.05, 4.69) is 4.74 Å². The fourth-order valence-electron chi connectivity index (χ4n) is 0.902. The lowest BCUT2D eigenvalue weighted by molar-refractivity contribution is -0.140. The minimum absolute atomic E-state index is 0.0899. The van der Waals surface area contributed by atoms with Gasteiger partial charge in [-0.3, -0.25) is 0 Å². The summed E-state index contributed by atoms with van der Waals surface area (Å²) >= 11 is 5.71. The van der Waals surface area contributed by atoms with E-state index in [1.165, 1.54) is 18.2 Å². The highest BCUT2D eigenvalue weighted by Crippen LogP contribution is 2.19. The summed E-state index contributed by atoms with van der Waals surface area (Å²) in [7, 11) is 0. The van der Waals surface area contributed by atoms with E-state index in [1.54, 1.807) is 0 Å². The molecule has 3 N–H and O–H groups in total. The Morgan fingerprint density at radius 2 is 2.13 bits per heavy atom. The molecule has 0 fully saturated rings. The number of carbonyl (C=O) groups excluding carboxylic acids is 1. The zero-order valence-electron chi connectivity index (χ0n) is 7.57. The zero-order valence-corrected chi connectivity index (χ0v) is 8.32. The van der Waals surface area contributed by atoms with Crippen molar-refractivity contribution in [3.63, 3.8) is 0 Å². The maximum atomic E-state index is 11.3. The van der Waals surface area contributed by atoms with E-state index in [4.69, 9.17) is 22.4 Å². The smallest absolute Gasteiger partial charge is 0.341 e. The maximum Gasteiger partial charge on any atom is 0.341 e. The largest absolute Gasteiger partial charge is 0.479 e. The summed E-state index contributed by atoms with van der Waals surface area (Å²) in [6, 6.07) is 4.24. The normalized spacial score (nSPS) is 9.67. The van der Waals surface area contributed by atoms with E-state index >= 15 is 0 Å². The van der Waals surface area contributed by atoms with E-state index in [0.717, 1.165) is 0 Å². The number of rotatable bonds is 3. The van der Waals surface area contributed by atoms with Gasteiger partial charge in [-0.2, -0.15) is 0 Å². The summed E-state index contributed by atoms with van der Waals surface area (Å²) in [6.45, 7) is -0.695. The number of ether oxygens (including phenoxy) is 1. The van der Waals surface area contributed by atoms with E-state index < -0.39 is 18.5 Å². The van der Waals surface area contributed by atoms with Crippen LogP contribution >= 0.6 is 11.6 Å². The molecule has 0 atom stereocenters. The number of halogens is 1. The standard InChI is InChI=1S/C9H8ClNO4/c10-7-3-5(11)1-2-6(7)9(14)15-4-8(12)13/h1-3H,4,11H2,(H,12,13). The lowest BCUT2D eigenvalue weighted by Gasteiger charge is -2.04. The van der Waals surface area contributed by atoms with Crippen LogP contribution in [-0.2, 0) is 9.53 Å². The summed E-state index contributed by atoms with van der Waals surface area (Å²) in [5.74, 6) is -2.02. The molecule has 0 saturated carbocycles. The number of carboxylic acid groups (broad SMARTS) is 1. The molecule has 0 heterocycles. The minimum atomic E-state index is -1.23. The zero-order chi connectivity index (χ0) is 11.4. The molecule has 0 aliphatic rings. The van der Waals surface area contributed by atoms with Crippen molar-refractivity contribution in [1.29, 1.82) is 0 Å². The predicted octanol–water partition coefficient (Wildman–Crippen LogP) is 1.16. The molecule has 0 aliphatic carbocycles. The molecule has 1 aromatic rings. The lowest BCUT2D eigenvalue weighted by Crippen LogP contribution is -2.13. The number of esters is 1. The van der Waals surface area contributed by atoms with Crippen LogP contribution in [0.2, 0.25) is 5.02 Å². The Morgan fingerprint density at radius 3 is 2.67 bits per heavy atom. The van der Waals surface area contributed by atoms with Crippen molar-refractivity contribution in [3.8, 4) is 0 Å². The number of carboxylic acids is 1. The lowest BCUT2D eigenvalue weighted by atomic mass is 10.2. The maximum absolute atomic E-state index is 11.3. The van der Waals surface area contributed by atoms with E-state index in [1.807, 2.05) is 0 Å². The van der Waals surface area contributed by atoms with Crippen molar-refractivity contribution in [2.24, 2.45) is 0 Å². The third-order valence-corrected chi connectivity index (χ3v) is 1.85. The van der Waals surface area contributed by atoms with Crippen LogP contribution in [0.15, 0.2) is 18.2 Å². The molecule has 1 rings (SSSR count). The molecule has 0 aliphatic heterocycles. The van der Waals surface area contributed by atoms with Crippen LogP contribution in [-0.4, -0.2) is 23.7 Å². The Kier molecular flexibility index (Phi) is 3.51. The molecule has 0 spiro atoms. The average Bonchev–Trinajstić information content (AvgIpc) is 2.14. The second kappa shape index (κ2) is 4.65. The fourth-order valence-corrected chi connectivity index (χ4v) is 1.17. The molecule has 0 bridgehead atoms. The molecule has 0 radical (unpaired) electrons. The van der Waals surface area contributed by atoms with Gasteiger partial charge in [-0.15, -0.1) is 0 Å². The number of hydrogen-bond donors (Lipinski definition) is 2. The van der Waals surface area contributed by atoms with Crippen molar-refractivity contribution in [3.05, 3.63) is 28.8 Å². The molecule has 0 amide bonds. The first-order chi connectivity index (χ1) is 7.00. The van der Waals surface area contributed by atoms with Gasteiger partial charge in [-0.1, -0.05) is 11.6 Å². The first-order valence-electron chi connectivity index (χ1n) is 3.94. The molecule has 1 aromatic carbocycles. The van der Waals surface area contributed by atoms with Gasteiger partial charge >= 0.3 is 11.9 Å². The van der Waals surface area contributed by atoms with Crippen LogP contribution in [0, 0.1) is 0 Å². The molecular weight excluding hydrogens is 222 g/mol. The van der Waals surface area contributed by atoms with Gasteiger partial charge in [-0.05, 0) is 18.2 Å². The van der Waals surface area contributed by atoms with E-state index in [0.29, 0.717) is 5.69 Å². The van der Waals surface area contributed by atoms with Crippen molar-refractivity contribution in [2.75, 3.05) is 12.3 Å². The van der Waals surface area contributed by atoms with Crippen molar-refractivity contribution in [2.45, 2.75) is 0 Å². The number of hydrogen-bond acceptors (Lipinski definition) is 4. The van der Waals surface area contributed by atoms with Gasteiger partial charge in [0.2, 0.25) is 0 Å². The van der Waals surface area contributed by atoms with Gasteiger partial charge in [0.1, 0.15) is 0 Å². The molecule has 15 heavy (non-hydrogen) atoms. The van der Waals surface area contributed by atoms with Gasteiger partial charge in [-0.25, -0.2) is 9.59 Å². The number of nitrogen functional groups attached to an aromatic ring is 1. The first-order valence-corrected chi connectivity index (χ1v) is 4.32. The number of benzene rings is 1. The van der Waals surface area contributed by atoms with Crippen LogP contribution in [0.5, 0.6) is 0 Å². The van der Waals surface area contributed by atoms with Gasteiger partial charge in [0.25, 0.3) is 0 Å². The summed E-state index contributed by atoms with van der Waals surface area (Å²) in [6.07, 6.45) is 0. The summed E-state index contributed by atoms with van der Waals surface area (Å²) in [5, 5.41) is 8.42. The van der Waals surface area contributed by atoms with Crippen LogP contribution in [0.3, 0.4) is 0 Å². The highest BCUT2D eigenvalue weighted by atomic mass is 35.5. The molecule has 80 valence electrons. The molecule has 5 nitrogen and oxygen atoms in total. The topological polar surface area (TPSA) is 89.6 Å². The first kappa shape index (κ1) is 11.3. The Bertz CT molecular complexity index is 405. The quantitative estimate of drug-likeness (QED) is 0.600. The van der Waals surface area contributed by atoms with Gasteiger partial charge in [0, 0.05) is 5.69 Å². The highest BCUT2D eigenvalue weighted by molar-refractivity contribution is 6.33. The second-order valence-corrected chi connectivity index (χ2v) is 3.12. The number of carbonyl (C=O) groups is 2. The second-order valence-electron chi connectivity index (χ2n) is 2.71. The third kappa shape index (κ3) is 3.14. The van der Waals surface area contributed by atoms with Gasteiger partial charge < -0.3 is 15.6 Å². The van der Waals surface area contributed by atoms with Crippen LogP contribution in [0.4, 0.5) is 5.69 Å². The third-order valence-electron chi connectivity index (χ3n) is 1.54. The summed E-state index contributed by atoms with van der Waals surface area (Å²) < 4.78 is 4.45. The number of aliphatic carboxylic acids is 1. The van der Waals surface area contributed by atoms with Crippen molar-refractivity contribution >= 4 is 29.2 Å². The Hall–Kier alpha value is -1.75. The number of anilines is 1. The van der Waals surface area contributed by atoms with Crippen molar-refractivity contribution < 1.29 is 19.4 Å². The monoisotopic (exact) mass is 229 g/mol. The van der Waals surface area contributed by atoms with Crippen LogP contribution < -0.4 is 5.73 Å². The SMILES string of the molecule is Nc1ccc(C(=O)OCC(=O)O)c(Cl)c1. The minimum Gasteiger partial charge on any atom is -0.479 e. The van der Waals surface area contributed by atoms with Crippen molar-refractivity contribution in [1.82, 2.24) is 0 Å². The summed E-state index contributed by atoms with van der Waals surface area (Å²) in [4.78, 5) is 21.4. The summed E-state index contributed by atoms with van der Waals surface area (Å²) in [5.41, 5.74) is 5.92. The molecule has 0 unspecified atom stereocenters. The molecule has 6 heteroatoms.